The van der Waals surface area contributed by atoms with E-state index in [1.54, 1.807) is 0 Å². The molecule has 1 aromatic rings. The fourth-order valence-electron chi connectivity index (χ4n) is 4.13. The predicted molar refractivity (Wildman–Crippen MR) is 91.8 cm³/mol. The standard InChI is InChI=1S/C17H20N2O.C2H6/c1-3-7-19-9-12-8-13(10-19)17-16-14(12)5-4-6-15(16)20-11(2)18-17;1-2/h3-6,12-13,17H,1,7-10H2,2H3;1-2H3. The first kappa shape index (κ1) is 15.3. The third kappa shape index (κ3) is 2.48. The molecule has 3 unspecified atom stereocenters. The van der Waals surface area contributed by atoms with E-state index in [1.165, 1.54) is 17.5 Å². The van der Waals surface area contributed by atoms with Gasteiger partial charge in [0.1, 0.15) is 5.75 Å². The average Bonchev–Trinajstić information content (AvgIpc) is 2.54. The lowest BCUT2D eigenvalue weighted by atomic mass is 9.70. The molecule has 0 amide bonds. The molecule has 1 aromatic carbocycles. The van der Waals surface area contributed by atoms with Crippen molar-refractivity contribution in [2.75, 3.05) is 19.6 Å². The number of fused-ring (bicyclic) bond motifs is 4. The molecular weight excluding hydrogens is 272 g/mol. The van der Waals surface area contributed by atoms with Crippen molar-refractivity contribution in [1.82, 2.24) is 4.90 Å². The summed E-state index contributed by atoms with van der Waals surface area (Å²) >= 11 is 0. The number of likely N-dealkylation sites (tertiary alicyclic amines) is 1. The van der Waals surface area contributed by atoms with Crippen LogP contribution in [0, 0.1) is 5.92 Å². The van der Waals surface area contributed by atoms with Crippen molar-refractivity contribution in [3.63, 3.8) is 0 Å². The zero-order valence-corrected chi connectivity index (χ0v) is 13.9. The van der Waals surface area contributed by atoms with E-state index in [0.29, 0.717) is 17.9 Å². The molecule has 118 valence electrons. The first-order valence-electron chi connectivity index (χ1n) is 8.44. The molecule has 1 fully saturated rings. The highest BCUT2D eigenvalue weighted by Gasteiger charge is 2.42. The number of aliphatic imine (C=N–C) groups is 1. The van der Waals surface area contributed by atoms with Gasteiger partial charge in [0.25, 0.3) is 0 Å². The highest BCUT2D eigenvalue weighted by molar-refractivity contribution is 5.79. The number of piperidine rings is 1. The minimum atomic E-state index is 0.291. The van der Waals surface area contributed by atoms with Crippen LogP contribution in [0.25, 0.3) is 0 Å². The Morgan fingerprint density at radius 2 is 2.18 bits per heavy atom. The zero-order valence-electron chi connectivity index (χ0n) is 13.9. The van der Waals surface area contributed by atoms with Gasteiger partial charge in [0.05, 0.1) is 6.04 Å². The minimum Gasteiger partial charge on any atom is -0.443 e. The Kier molecular flexibility index (Phi) is 4.34. The lowest BCUT2D eigenvalue weighted by molar-refractivity contribution is 0.136. The van der Waals surface area contributed by atoms with Crippen molar-refractivity contribution in [1.29, 1.82) is 0 Å². The summed E-state index contributed by atoms with van der Waals surface area (Å²) in [4.78, 5) is 7.33. The highest BCUT2D eigenvalue weighted by atomic mass is 16.5. The van der Waals surface area contributed by atoms with Crippen molar-refractivity contribution >= 4 is 5.90 Å². The molecule has 4 rings (SSSR count). The van der Waals surface area contributed by atoms with E-state index in [-0.39, 0.29) is 0 Å². The van der Waals surface area contributed by atoms with Crippen LogP contribution in [0.15, 0.2) is 35.8 Å². The Hall–Kier alpha value is -1.61. The van der Waals surface area contributed by atoms with E-state index in [2.05, 4.69) is 29.7 Å². The van der Waals surface area contributed by atoms with E-state index in [1.807, 2.05) is 26.8 Å². The van der Waals surface area contributed by atoms with E-state index >= 15 is 0 Å². The Balaban J connectivity index is 0.000000693. The molecule has 1 saturated heterocycles. The molecule has 3 heteroatoms. The van der Waals surface area contributed by atoms with E-state index in [0.717, 1.165) is 31.3 Å². The van der Waals surface area contributed by atoms with Gasteiger partial charge in [-0.3, -0.25) is 4.90 Å². The van der Waals surface area contributed by atoms with Gasteiger partial charge in [-0.05, 0) is 29.9 Å². The van der Waals surface area contributed by atoms with Crippen LogP contribution in [0.2, 0.25) is 0 Å². The van der Waals surface area contributed by atoms with Gasteiger partial charge < -0.3 is 4.74 Å². The molecule has 22 heavy (non-hydrogen) atoms. The third-order valence-corrected chi connectivity index (χ3v) is 4.81. The summed E-state index contributed by atoms with van der Waals surface area (Å²) in [5.41, 5.74) is 2.81. The van der Waals surface area contributed by atoms with Gasteiger partial charge in [0, 0.05) is 32.1 Å². The van der Waals surface area contributed by atoms with Gasteiger partial charge in [-0.2, -0.15) is 0 Å². The lowest BCUT2D eigenvalue weighted by Crippen LogP contribution is -2.45. The molecule has 0 saturated carbocycles. The van der Waals surface area contributed by atoms with E-state index in [4.69, 9.17) is 9.73 Å². The van der Waals surface area contributed by atoms with Crippen molar-refractivity contribution in [2.24, 2.45) is 10.9 Å². The highest BCUT2D eigenvalue weighted by Crippen LogP contribution is 2.51. The van der Waals surface area contributed by atoms with Crippen LogP contribution in [0.3, 0.4) is 0 Å². The second kappa shape index (κ2) is 6.25. The Morgan fingerprint density at radius 3 is 2.95 bits per heavy atom. The van der Waals surface area contributed by atoms with Crippen LogP contribution in [0.4, 0.5) is 0 Å². The third-order valence-electron chi connectivity index (χ3n) is 4.81. The minimum absolute atomic E-state index is 0.291. The number of nitrogens with zero attached hydrogens (tertiary/aromatic N) is 2. The summed E-state index contributed by atoms with van der Waals surface area (Å²) in [5.74, 6) is 3.07. The topological polar surface area (TPSA) is 24.8 Å². The van der Waals surface area contributed by atoms with Crippen LogP contribution >= 0.6 is 0 Å². The van der Waals surface area contributed by atoms with Gasteiger partial charge >= 0.3 is 0 Å². The number of rotatable bonds is 2. The number of hydrogen-bond donors (Lipinski definition) is 0. The van der Waals surface area contributed by atoms with Crippen molar-refractivity contribution in [3.8, 4) is 5.75 Å². The van der Waals surface area contributed by atoms with Crippen LogP contribution in [-0.4, -0.2) is 30.4 Å². The Morgan fingerprint density at radius 1 is 1.36 bits per heavy atom. The fraction of sp³-hybridized carbons (Fsp3) is 0.526. The van der Waals surface area contributed by atoms with Gasteiger partial charge in [0.15, 0.2) is 5.90 Å². The second-order valence-corrected chi connectivity index (χ2v) is 6.15. The van der Waals surface area contributed by atoms with Gasteiger partial charge in [-0.15, -0.1) is 6.58 Å². The van der Waals surface area contributed by atoms with Crippen LogP contribution < -0.4 is 4.74 Å². The number of hydrogen-bond acceptors (Lipinski definition) is 3. The predicted octanol–water partition coefficient (Wildman–Crippen LogP) is 4.17. The smallest absolute Gasteiger partial charge is 0.187 e. The first-order valence-corrected chi connectivity index (χ1v) is 8.44. The van der Waals surface area contributed by atoms with Crippen LogP contribution in [0.5, 0.6) is 5.75 Å². The molecule has 3 nitrogen and oxygen atoms in total. The quantitative estimate of drug-likeness (QED) is 0.766. The Bertz CT molecular complexity index is 593. The number of ether oxygens (including phenoxy) is 1. The van der Waals surface area contributed by atoms with Crippen molar-refractivity contribution in [2.45, 2.75) is 39.2 Å². The van der Waals surface area contributed by atoms with E-state index in [9.17, 15) is 0 Å². The zero-order chi connectivity index (χ0) is 15.7. The van der Waals surface area contributed by atoms with Gasteiger partial charge in [-0.1, -0.05) is 32.1 Å². The fourth-order valence-corrected chi connectivity index (χ4v) is 4.13. The van der Waals surface area contributed by atoms with Crippen LogP contribution in [-0.2, 0) is 0 Å². The molecule has 3 aliphatic rings. The summed E-state index contributed by atoms with van der Waals surface area (Å²) in [5, 5.41) is 0. The largest absolute Gasteiger partial charge is 0.443 e. The molecule has 2 aliphatic heterocycles. The van der Waals surface area contributed by atoms with Gasteiger partial charge in [-0.25, -0.2) is 4.99 Å². The summed E-state index contributed by atoms with van der Waals surface area (Å²) in [7, 11) is 0. The molecule has 0 spiro atoms. The van der Waals surface area contributed by atoms with Crippen molar-refractivity contribution < 1.29 is 4.74 Å². The molecule has 0 N–H and O–H groups in total. The summed E-state index contributed by atoms with van der Waals surface area (Å²) in [6.07, 6.45) is 3.27. The molecular formula is C19H26N2O. The van der Waals surface area contributed by atoms with Crippen molar-refractivity contribution in [3.05, 3.63) is 42.0 Å². The molecule has 0 radical (unpaired) electrons. The average molecular weight is 298 g/mol. The first-order chi connectivity index (χ1) is 10.8. The number of benzene rings is 1. The maximum absolute atomic E-state index is 5.84. The van der Waals surface area contributed by atoms with Crippen LogP contribution in [0.1, 0.15) is 50.3 Å². The maximum atomic E-state index is 5.84. The lowest BCUT2D eigenvalue weighted by Gasteiger charge is -2.46. The summed E-state index contributed by atoms with van der Waals surface area (Å²) in [6, 6.07) is 6.77. The molecule has 1 aliphatic carbocycles. The van der Waals surface area contributed by atoms with Gasteiger partial charge in [0.2, 0.25) is 0 Å². The normalized spacial score (nSPS) is 28.5. The van der Waals surface area contributed by atoms with E-state index < -0.39 is 0 Å². The molecule has 0 aromatic heterocycles. The molecule has 3 atom stereocenters. The Labute approximate surface area is 133 Å². The molecule has 2 bridgehead atoms. The SMILES string of the molecule is C=CCN1CC2CC(C1)C1N=C(C)Oc3cccc2c31.CC. The summed E-state index contributed by atoms with van der Waals surface area (Å²) < 4.78 is 5.84. The molecule has 2 heterocycles. The summed E-state index contributed by atoms with van der Waals surface area (Å²) in [6.45, 7) is 13.1. The maximum Gasteiger partial charge on any atom is 0.187 e. The monoisotopic (exact) mass is 298 g/mol. The second-order valence-electron chi connectivity index (χ2n) is 6.15.